The Balaban J connectivity index is 0.00000169. The summed E-state index contributed by atoms with van der Waals surface area (Å²) in [5, 5.41) is 17.5. The number of carbonyl (C=O) groups is 2. The molecule has 0 bridgehead atoms. The van der Waals surface area contributed by atoms with Crippen molar-refractivity contribution in [2.75, 3.05) is 33.3 Å². The van der Waals surface area contributed by atoms with E-state index in [2.05, 4.69) is 20.1 Å². The third-order valence-electron chi connectivity index (χ3n) is 5.95. The van der Waals surface area contributed by atoms with Crippen molar-refractivity contribution in [2.24, 2.45) is 4.99 Å². The van der Waals surface area contributed by atoms with Crippen molar-refractivity contribution in [3.63, 3.8) is 0 Å². The van der Waals surface area contributed by atoms with Gasteiger partial charge >= 0.3 is 70.2 Å². The molecule has 11 nitrogen and oxygen atoms in total. The van der Waals surface area contributed by atoms with Crippen LogP contribution in [0.4, 0.5) is 5.69 Å². The fourth-order valence-electron chi connectivity index (χ4n) is 4.13. The molecule has 2 aromatic heterocycles. The zero-order valence-electron chi connectivity index (χ0n) is 21.6. The zero-order chi connectivity index (χ0) is 24.5. The van der Waals surface area contributed by atoms with Crippen LogP contribution in [0.25, 0.3) is 11.4 Å². The van der Waals surface area contributed by atoms with Gasteiger partial charge in [-0.2, -0.15) is 5.10 Å². The average Bonchev–Trinajstić information content (AvgIpc) is 3.54. The summed E-state index contributed by atoms with van der Waals surface area (Å²) < 4.78 is 6.87. The Hall–Kier alpha value is -1.83. The molecule has 5 rings (SSSR count). The average molecular weight is 598 g/mol. The van der Waals surface area contributed by atoms with Gasteiger partial charge in [0.15, 0.2) is 5.82 Å². The van der Waals surface area contributed by atoms with Crippen LogP contribution in [-0.2, 0) is 4.79 Å². The second-order valence-corrected chi connectivity index (χ2v) is 8.06. The van der Waals surface area contributed by atoms with Gasteiger partial charge in [-0.1, -0.05) is 18.2 Å². The Kier molecular flexibility index (Phi) is 11.9. The number of aromatic nitrogens is 4. The summed E-state index contributed by atoms with van der Waals surface area (Å²) in [4.78, 5) is 41.7. The molecule has 2 amide bonds. The number of amides is 2. The van der Waals surface area contributed by atoms with Gasteiger partial charge in [0.1, 0.15) is 23.6 Å². The predicted molar refractivity (Wildman–Crippen MR) is 124 cm³/mol. The summed E-state index contributed by atoms with van der Waals surface area (Å²) in [6.45, 7) is 2.96. The van der Waals surface area contributed by atoms with Crippen molar-refractivity contribution in [1.29, 1.82) is 0 Å². The maximum absolute atomic E-state index is 13.3. The first kappa shape index (κ1) is 32.4. The van der Waals surface area contributed by atoms with E-state index in [0.717, 1.165) is 0 Å². The second-order valence-electron chi connectivity index (χ2n) is 8.06. The van der Waals surface area contributed by atoms with E-state index in [9.17, 15) is 14.7 Å². The van der Waals surface area contributed by atoms with Crippen LogP contribution in [0.15, 0.2) is 53.6 Å². The molecule has 2 aliphatic rings. The molecular formula is C24H22BrKLiN7O4. The van der Waals surface area contributed by atoms with Gasteiger partial charge in [-0.05, 0) is 24.8 Å². The standard InChI is InChI=1S/C24H23N7O4.BrH.K.Li/c1-15-27-14-31(28-15)22-20-19(18(35-2)13-26-22)17(12-25-20)21(32)24(34)30-10-8-29(9-11-30)23(33)16-6-4-3-5-7-16;;;/h3-7,12-14,32H,8-11H2,1-2H3;1H;;/q;;2*+1/p-2/b21-17-;;;. The van der Waals surface area contributed by atoms with Crippen LogP contribution >= 0.6 is 0 Å². The van der Waals surface area contributed by atoms with E-state index in [0.29, 0.717) is 47.3 Å². The zero-order valence-corrected chi connectivity index (χ0v) is 26.3. The molecule has 4 heterocycles. The van der Waals surface area contributed by atoms with E-state index in [-0.39, 0.29) is 112 Å². The van der Waals surface area contributed by atoms with Crippen molar-refractivity contribution in [1.82, 2.24) is 29.5 Å². The largest absolute Gasteiger partial charge is 1.00 e. The summed E-state index contributed by atoms with van der Waals surface area (Å²) in [6, 6.07) is 8.98. The number of halogens is 1. The molecular weight excluding hydrogens is 576 g/mol. The van der Waals surface area contributed by atoms with Crippen LogP contribution < -0.4 is 97.1 Å². The number of pyridine rings is 1. The van der Waals surface area contributed by atoms with Gasteiger partial charge in [0, 0.05) is 43.5 Å². The first-order chi connectivity index (χ1) is 17.0. The molecule has 2 aliphatic heterocycles. The Morgan fingerprint density at radius 3 is 2.29 bits per heavy atom. The van der Waals surface area contributed by atoms with Crippen LogP contribution in [0.2, 0.25) is 0 Å². The van der Waals surface area contributed by atoms with Gasteiger partial charge < -0.3 is 36.6 Å². The SMILES string of the molecule is COc1cnc(-n2cnc(C)n2)c2c1/C(=C(\[O-])C(=O)N1CCN(C(=O)c3ccccc3)CC1)C=N2.[Br-].[K+].[Li+]. The number of carbonyl (C=O) groups excluding carboxylic acids is 2. The third kappa shape index (κ3) is 6.31. The van der Waals surface area contributed by atoms with Crippen molar-refractivity contribution in [3.05, 3.63) is 65.6 Å². The van der Waals surface area contributed by atoms with E-state index in [4.69, 9.17) is 4.74 Å². The molecule has 0 aliphatic carbocycles. The minimum atomic E-state index is -0.694. The number of hydrogen-bond acceptors (Lipinski definition) is 8. The summed E-state index contributed by atoms with van der Waals surface area (Å²) in [7, 11) is 1.46. The molecule has 0 atom stereocenters. The van der Waals surface area contributed by atoms with E-state index in [1.165, 1.54) is 35.4 Å². The third-order valence-corrected chi connectivity index (χ3v) is 5.95. The van der Waals surface area contributed by atoms with E-state index < -0.39 is 11.7 Å². The Morgan fingerprint density at radius 1 is 1.03 bits per heavy atom. The minimum absolute atomic E-state index is 0. The number of rotatable bonds is 4. The molecule has 1 fully saturated rings. The number of benzene rings is 1. The summed E-state index contributed by atoms with van der Waals surface area (Å²) in [5.41, 5.74) is 1.49. The molecule has 0 saturated carbocycles. The molecule has 0 radical (unpaired) electrons. The summed E-state index contributed by atoms with van der Waals surface area (Å²) in [5.74, 6) is -0.181. The topological polar surface area (TPSA) is 129 Å². The van der Waals surface area contributed by atoms with Crippen molar-refractivity contribution >= 4 is 29.3 Å². The number of methoxy groups -OCH3 is 1. The number of allylic oxidation sites excluding steroid dienone is 1. The number of hydrogen-bond donors (Lipinski definition) is 0. The molecule has 1 saturated heterocycles. The maximum atomic E-state index is 13.3. The van der Waals surface area contributed by atoms with E-state index in [1.807, 2.05) is 18.2 Å². The number of aliphatic imine (C=N–C) groups is 1. The number of piperazine rings is 1. The summed E-state index contributed by atoms with van der Waals surface area (Å²) >= 11 is 0. The van der Waals surface area contributed by atoms with Gasteiger partial charge in [0.2, 0.25) is 5.91 Å². The van der Waals surface area contributed by atoms with Crippen molar-refractivity contribution < 1.29 is 107 Å². The van der Waals surface area contributed by atoms with Gasteiger partial charge in [0.25, 0.3) is 5.91 Å². The molecule has 3 aromatic rings. The molecule has 38 heavy (non-hydrogen) atoms. The number of ether oxygens (including phenoxy) is 1. The smallest absolute Gasteiger partial charge is 1.00 e. The van der Waals surface area contributed by atoms with E-state index >= 15 is 0 Å². The Bertz CT molecular complexity index is 1380. The fourth-order valence-corrected chi connectivity index (χ4v) is 4.13. The predicted octanol–water partition coefficient (Wildman–Crippen LogP) is -8.24. The van der Waals surface area contributed by atoms with Gasteiger partial charge in [-0.25, -0.2) is 14.6 Å². The quantitative estimate of drug-likeness (QED) is 0.166. The van der Waals surface area contributed by atoms with Gasteiger partial charge in [-0.3, -0.25) is 14.6 Å². The minimum Gasteiger partial charge on any atom is -1.00 e. The van der Waals surface area contributed by atoms with Crippen LogP contribution in [-0.4, -0.2) is 80.9 Å². The van der Waals surface area contributed by atoms with Gasteiger partial charge in [-0.15, -0.1) is 0 Å². The number of fused-ring (bicyclic) bond motifs is 1. The molecule has 0 spiro atoms. The molecule has 186 valence electrons. The normalized spacial score (nSPS) is 15.0. The first-order valence-electron chi connectivity index (χ1n) is 11.0. The molecule has 0 N–H and O–H groups in total. The van der Waals surface area contributed by atoms with Crippen molar-refractivity contribution in [3.8, 4) is 11.6 Å². The Labute approximate surface area is 284 Å². The first-order valence-corrected chi connectivity index (χ1v) is 11.0. The monoisotopic (exact) mass is 597 g/mol. The van der Waals surface area contributed by atoms with E-state index in [1.54, 1.807) is 24.0 Å². The maximum Gasteiger partial charge on any atom is 1.00 e. The molecule has 14 heteroatoms. The van der Waals surface area contributed by atoms with Crippen LogP contribution in [0.1, 0.15) is 21.7 Å². The second kappa shape index (κ2) is 14.0. The van der Waals surface area contributed by atoms with Gasteiger partial charge in [0.05, 0.1) is 18.9 Å². The van der Waals surface area contributed by atoms with Crippen LogP contribution in [0, 0.1) is 6.92 Å². The fraction of sp³-hybridized carbons (Fsp3) is 0.250. The van der Waals surface area contributed by atoms with Crippen molar-refractivity contribution in [2.45, 2.75) is 6.92 Å². The molecule has 1 aromatic carbocycles. The Morgan fingerprint density at radius 2 is 1.68 bits per heavy atom. The number of nitrogens with zero attached hydrogens (tertiary/aromatic N) is 7. The van der Waals surface area contributed by atoms with Crippen LogP contribution in [0.3, 0.4) is 0 Å². The number of aryl methyl sites for hydroxylation is 1. The van der Waals surface area contributed by atoms with Crippen LogP contribution in [0.5, 0.6) is 5.75 Å². The molecule has 0 unspecified atom stereocenters. The summed E-state index contributed by atoms with van der Waals surface area (Å²) in [6.07, 6.45) is 4.32.